The average Bonchev–Trinajstić information content (AvgIpc) is 3.42. The van der Waals surface area contributed by atoms with Crippen LogP contribution in [-0.4, -0.2) is 16.7 Å². The van der Waals surface area contributed by atoms with Crippen LogP contribution in [0.3, 0.4) is 0 Å². The van der Waals surface area contributed by atoms with Gasteiger partial charge in [0.25, 0.3) is 6.71 Å². The zero-order chi connectivity index (χ0) is 52.3. The predicted molar refractivity (Wildman–Crippen MR) is 322 cm³/mol. The summed E-state index contributed by atoms with van der Waals surface area (Å²) in [6.45, 7) is 28.0. The van der Waals surface area contributed by atoms with Gasteiger partial charge in [0.2, 0.25) is 0 Å². The molecule has 2 aliphatic heterocycles. The molecule has 75 heavy (non-hydrogen) atoms. The van der Waals surface area contributed by atoms with E-state index in [1.54, 1.807) is 0 Å². The van der Waals surface area contributed by atoms with Gasteiger partial charge in [0.1, 0.15) is 0 Å². The van der Waals surface area contributed by atoms with Crippen molar-refractivity contribution in [1.82, 2.24) is 9.97 Å². The lowest BCUT2D eigenvalue weighted by Crippen LogP contribution is -2.61. The predicted octanol–water partition coefficient (Wildman–Crippen LogP) is 17.1. The third-order valence-corrected chi connectivity index (χ3v) is 15.7. The zero-order valence-corrected chi connectivity index (χ0v) is 45.8. The maximum absolute atomic E-state index is 5.56. The maximum atomic E-state index is 5.56. The quantitative estimate of drug-likeness (QED) is 0.161. The van der Waals surface area contributed by atoms with Crippen molar-refractivity contribution in [1.29, 1.82) is 0 Å². The summed E-state index contributed by atoms with van der Waals surface area (Å²) < 4.78 is 0. The van der Waals surface area contributed by atoms with Gasteiger partial charge in [0.15, 0.2) is 5.82 Å². The molecule has 0 bridgehead atoms. The molecule has 9 aromatic carbocycles. The summed E-state index contributed by atoms with van der Waals surface area (Å²) in [6, 6.07) is 70.5. The number of nitrogens with zero attached hydrogens (tertiary/aromatic N) is 4. The van der Waals surface area contributed by atoms with Crippen LogP contribution in [0, 0.1) is 0 Å². The summed E-state index contributed by atoms with van der Waals surface area (Å²) in [5, 5.41) is 4.88. The molecule has 4 nitrogen and oxygen atoms in total. The van der Waals surface area contributed by atoms with E-state index in [0.717, 1.165) is 50.8 Å². The number of rotatable bonds is 5. The second-order valence-electron chi connectivity index (χ2n) is 25.3. The van der Waals surface area contributed by atoms with E-state index in [1.807, 2.05) is 0 Å². The SMILES string of the molecule is CC(C)(C)c1cc(N2c3cc4ccccc4cc3B3c4cc5ccccc5cc4N(c4cc(C(C)(C)C)cc(C(C)(C)C)c4)c4cc(-c5nc(-c6ccccc6)cc(-c6ccccc6)n5)cc2c43)cc(C(C)(C)C)c1. The molecule has 0 fully saturated rings. The third-order valence-electron chi connectivity index (χ3n) is 15.7. The summed E-state index contributed by atoms with van der Waals surface area (Å²) in [5.74, 6) is 0.678. The molecule has 3 heterocycles. The third kappa shape index (κ3) is 8.61. The van der Waals surface area contributed by atoms with E-state index in [4.69, 9.17) is 9.97 Å². The highest BCUT2D eigenvalue weighted by Crippen LogP contribution is 2.49. The second-order valence-corrected chi connectivity index (χ2v) is 25.3. The lowest BCUT2D eigenvalue weighted by molar-refractivity contribution is 0.568. The molecule has 10 aromatic rings. The van der Waals surface area contributed by atoms with Gasteiger partial charge in [0.05, 0.1) is 11.4 Å². The Morgan fingerprint density at radius 2 is 0.653 bits per heavy atom. The van der Waals surface area contributed by atoms with Crippen LogP contribution < -0.4 is 26.2 Å². The lowest BCUT2D eigenvalue weighted by atomic mass is 9.33. The molecule has 0 saturated carbocycles. The molecule has 0 radical (unpaired) electrons. The van der Waals surface area contributed by atoms with Gasteiger partial charge in [-0.05, 0) is 136 Å². The molecule has 0 saturated heterocycles. The second kappa shape index (κ2) is 17.4. The standard InChI is InChI=1S/C70H67BN4/c1-67(2,3)51-37-52(68(4,5)6)40-55(39-51)74-61-33-48-29-21-19-27-46(48)31-57(61)71-58-32-47-28-20-22-30-49(47)34-62(58)75(56-41-53(69(7,8)9)38-54(42-56)70(10,11)12)64-36-50(35-63(74)65(64)71)66-72-59(44-23-15-13-16-24-44)43-60(73-66)45-25-17-14-18-26-45/h13-43H,1-12H3. The van der Waals surface area contributed by atoms with Crippen molar-refractivity contribution in [3.63, 3.8) is 0 Å². The Kier molecular flexibility index (Phi) is 11.2. The minimum absolute atomic E-state index is 0.104. The van der Waals surface area contributed by atoms with E-state index >= 15 is 0 Å². The molecule has 0 amide bonds. The lowest BCUT2D eigenvalue weighted by Gasteiger charge is -2.45. The molecule has 1 aromatic heterocycles. The van der Waals surface area contributed by atoms with Crippen molar-refractivity contribution in [2.75, 3.05) is 9.80 Å². The van der Waals surface area contributed by atoms with Crippen LogP contribution in [0.4, 0.5) is 34.1 Å². The minimum atomic E-state index is -0.110. The first-order chi connectivity index (χ1) is 35.7. The van der Waals surface area contributed by atoms with Crippen molar-refractivity contribution < 1.29 is 0 Å². The molecule has 0 unspecified atom stereocenters. The van der Waals surface area contributed by atoms with Crippen LogP contribution >= 0.6 is 0 Å². The molecule has 0 atom stereocenters. The fourth-order valence-electron chi connectivity index (χ4n) is 11.4. The Morgan fingerprint density at radius 3 is 1.00 bits per heavy atom. The first-order valence-corrected chi connectivity index (χ1v) is 26.8. The highest BCUT2D eigenvalue weighted by atomic mass is 15.2. The Labute approximate surface area is 445 Å². The molecule has 0 aliphatic carbocycles. The number of hydrogen-bond acceptors (Lipinski definition) is 4. The number of anilines is 6. The van der Waals surface area contributed by atoms with Crippen molar-refractivity contribution in [3.05, 3.63) is 210 Å². The van der Waals surface area contributed by atoms with Crippen LogP contribution in [0.25, 0.3) is 55.4 Å². The molecular formula is C70H67BN4. The molecule has 370 valence electrons. The van der Waals surface area contributed by atoms with Gasteiger partial charge in [-0.25, -0.2) is 9.97 Å². The molecule has 2 aliphatic rings. The van der Waals surface area contributed by atoms with Crippen molar-refractivity contribution in [2.24, 2.45) is 0 Å². The van der Waals surface area contributed by atoms with E-state index in [9.17, 15) is 0 Å². The fourth-order valence-corrected chi connectivity index (χ4v) is 11.4. The van der Waals surface area contributed by atoms with Crippen LogP contribution in [0.15, 0.2) is 188 Å². The molecule has 12 rings (SSSR count). The Morgan fingerprint density at radius 1 is 0.320 bits per heavy atom. The van der Waals surface area contributed by atoms with E-state index in [0.29, 0.717) is 5.82 Å². The van der Waals surface area contributed by atoms with Crippen LogP contribution in [0.1, 0.15) is 105 Å². The van der Waals surface area contributed by atoms with Crippen LogP contribution in [0.2, 0.25) is 0 Å². The van der Waals surface area contributed by atoms with Gasteiger partial charge in [-0.2, -0.15) is 0 Å². The molecule has 5 heteroatoms. The number of benzene rings is 9. The van der Waals surface area contributed by atoms with E-state index in [1.165, 1.54) is 71.6 Å². The Hall–Kier alpha value is -7.76. The highest BCUT2D eigenvalue weighted by Gasteiger charge is 2.45. The molecule has 0 N–H and O–H groups in total. The molecular weight excluding hydrogens is 908 g/mol. The van der Waals surface area contributed by atoms with Gasteiger partial charge < -0.3 is 9.80 Å². The smallest absolute Gasteiger partial charge is 0.252 e. The number of fused-ring (bicyclic) bond motifs is 6. The summed E-state index contributed by atoms with van der Waals surface area (Å²) in [7, 11) is 0. The summed E-state index contributed by atoms with van der Waals surface area (Å²) in [4.78, 5) is 16.3. The minimum Gasteiger partial charge on any atom is -0.311 e. The van der Waals surface area contributed by atoms with E-state index < -0.39 is 0 Å². The zero-order valence-electron chi connectivity index (χ0n) is 45.8. The summed E-state index contributed by atoms with van der Waals surface area (Å²) >= 11 is 0. The van der Waals surface area contributed by atoms with E-state index in [-0.39, 0.29) is 28.4 Å². The first kappa shape index (κ1) is 48.2. The number of aromatic nitrogens is 2. The van der Waals surface area contributed by atoms with Gasteiger partial charge in [-0.1, -0.05) is 217 Å². The van der Waals surface area contributed by atoms with E-state index in [2.05, 4.69) is 281 Å². The van der Waals surface area contributed by atoms with Crippen molar-refractivity contribution >= 4 is 78.8 Å². The van der Waals surface area contributed by atoms with Gasteiger partial charge in [-0.3, -0.25) is 0 Å². The topological polar surface area (TPSA) is 32.3 Å². The first-order valence-electron chi connectivity index (χ1n) is 26.8. The summed E-state index contributed by atoms with van der Waals surface area (Å²) in [6.07, 6.45) is 0. The largest absolute Gasteiger partial charge is 0.311 e. The van der Waals surface area contributed by atoms with Crippen molar-refractivity contribution in [3.8, 4) is 33.9 Å². The van der Waals surface area contributed by atoms with Gasteiger partial charge >= 0.3 is 0 Å². The average molecular weight is 975 g/mol. The molecule has 0 spiro atoms. The monoisotopic (exact) mass is 975 g/mol. The van der Waals surface area contributed by atoms with Crippen LogP contribution in [0.5, 0.6) is 0 Å². The Balaban J connectivity index is 1.27. The number of hydrogen-bond donors (Lipinski definition) is 0. The highest BCUT2D eigenvalue weighted by molar-refractivity contribution is 7.00. The van der Waals surface area contributed by atoms with Gasteiger partial charge in [-0.15, -0.1) is 0 Å². The van der Waals surface area contributed by atoms with Gasteiger partial charge in [0, 0.05) is 50.8 Å². The summed E-state index contributed by atoms with van der Waals surface area (Å²) in [5.41, 5.74) is 20.3. The van der Waals surface area contributed by atoms with Crippen LogP contribution in [-0.2, 0) is 21.7 Å². The maximum Gasteiger partial charge on any atom is 0.252 e. The van der Waals surface area contributed by atoms with Crippen molar-refractivity contribution in [2.45, 2.75) is 105 Å². The fraction of sp³-hybridized carbons (Fsp3) is 0.229. The Bertz CT molecular complexity index is 3570. The normalized spacial score (nSPS) is 13.5.